The average Bonchev–Trinajstić information content (AvgIpc) is 3.18. The highest BCUT2D eigenvalue weighted by molar-refractivity contribution is 7.14. The molecule has 0 aliphatic heterocycles. The molecule has 3 rings (SSSR count). The Labute approximate surface area is 178 Å². The third-order valence-electron chi connectivity index (χ3n) is 4.19. The number of benzene rings is 2. The average molecular weight is 442 g/mol. The molecule has 9 heteroatoms. The number of halogens is 3. The molecule has 0 atom stereocenters. The number of hydrogen-bond acceptors (Lipinski definition) is 4. The number of terminal acetylenes is 1. The lowest BCUT2D eigenvalue weighted by molar-refractivity contribution is -0.132. The summed E-state index contributed by atoms with van der Waals surface area (Å²) in [4.78, 5) is 27.4. The summed E-state index contributed by atoms with van der Waals surface area (Å²) in [5.74, 6) is -2.78. The smallest absolute Gasteiger partial charge is 0.331 e. The van der Waals surface area contributed by atoms with E-state index in [0.717, 1.165) is 29.5 Å². The van der Waals surface area contributed by atoms with E-state index in [0.29, 0.717) is 0 Å². The Morgan fingerprint density at radius 1 is 1.23 bits per heavy atom. The van der Waals surface area contributed by atoms with Gasteiger partial charge in [-0.2, -0.15) is 0 Å². The lowest BCUT2D eigenvalue weighted by Crippen LogP contribution is -2.13. The van der Waals surface area contributed by atoms with E-state index in [1.165, 1.54) is 24.4 Å². The van der Waals surface area contributed by atoms with E-state index in [2.05, 4.69) is 16.2 Å². The normalized spacial score (nSPS) is 11.1. The zero-order chi connectivity index (χ0) is 22.7. The van der Waals surface area contributed by atoms with Crippen LogP contribution in [0.25, 0.3) is 17.3 Å². The lowest BCUT2D eigenvalue weighted by Gasteiger charge is -2.06. The Kier molecular flexibility index (Phi) is 6.22. The molecule has 156 valence electrons. The summed E-state index contributed by atoms with van der Waals surface area (Å²) in [5, 5.41) is 12.8. The van der Waals surface area contributed by atoms with Crippen molar-refractivity contribution in [1.82, 2.24) is 4.98 Å². The van der Waals surface area contributed by atoms with Crippen LogP contribution in [0.3, 0.4) is 0 Å². The molecule has 0 unspecified atom stereocenters. The van der Waals surface area contributed by atoms with Crippen LogP contribution in [0, 0.1) is 29.8 Å². The van der Waals surface area contributed by atoms with Crippen LogP contribution in [0.4, 0.5) is 18.3 Å². The van der Waals surface area contributed by atoms with Crippen molar-refractivity contribution in [3.05, 3.63) is 75.4 Å². The van der Waals surface area contributed by atoms with Gasteiger partial charge in [0.05, 0.1) is 11.3 Å². The molecule has 0 spiro atoms. The first kappa shape index (κ1) is 21.8. The minimum absolute atomic E-state index is 0.0642. The zero-order valence-electron chi connectivity index (χ0n) is 15.9. The van der Waals surface area contributed by atoms with Crippen molar-refractivity contribution in [2.45, 2.75) is 6.92 Å². The van der Waals surface area contributed by atoms with Crippen LogP contribution in [0.2, 0.25) is 0 Å². The first-order chi connectivity index (χ1) is 14.7. The summed E-state index contributed by atoms with van der Waals surface area (Å²) in [6.45, 7) is 1.18. The Morgan fingerprint density at radius 2 is 1.90 bits per heavy atom. The number of hydrogen-bond donors (Lipinski definition) is 2. The summed E-state index contributed by atoms with van der Waals surface area (Å²) < 4.78 is 42.9. The number of carbonyl (C=O) groups is 2. The van der Waals surface area contributed by atoms with Crippen molar-refractivity contribution < 1.29 is 27.9 Å². The van der Waals surface area contributed by atoms with Crippen LogP contribution in [-0.4, -0.2) is 22.0 Å². The molecule has 0 saturated carbocycles. The third kappa shape index (κ3) is 4.65. The van der Waals surface area contributed by atoms with Gasteiger partial charge in [-0.3, -0.25) is 10.1 Å². The van der Waals surface area contributed by atoms with Gasteiger partial charge < -0.3 is 5.11 Å². The van der Waals surface area contributed by atoms with Gasteiger partial charge in [-0.1, -0.05) is 12.0 Å². The number of amides is 1. The maximum Gasteiger partial charge on any atom is 0.331 e. The summed E-state index contributed by atoms with van der Waals surface area (Å²) >= 11 is 0.989. The number of carboxylic acids is 1. The predicted molar refractivity (Wildman–Crippen MR) is 111 cm³/mol. The molecular formula is C22H13F3N2O3S. The SMILES string of the molecule is C#Cc1cccc(-c2csc(NC(=O)c3cc(F)c(C=C(C)C(=O)O)c(F)c3)n2)c1F. The van der Waals surface area contributed by atoms with Gasteiger partial charge in [0.2, 0.25) is 0 Å². The van der Waals surface area contributed by atoms with Crippen LogP contribution in [0.15, 0.2) is 41.3 Å². The second-order valence-corrected chi connectivity index (χ2v) is 7.15. The number of thiazole rings is 1. The molecular weight excluding hydrogens is 429 g/mol. The van der Waals surface area contributed by atoms with Crippen LogP contribution in [0.1, 0.15) is 28.4 Å². The quantitative estimate of drug-likeness (QED) is 0.433. The molecule has 0 aliphatic carbocycles. The monoisotopic (exact) mass is 442 g/mol. The summed E-state index contributed by atoms with van der Waals surface area (Å²) in [6, 6.07) is 6.05. The highest BCUT2D eigenvalue weighted by Crippen LogP contribution is 2.29. The highest BCUT2D eigenvalue weighted by Gasteiger charge is 2.17. The predicted octanol–water partition coefficient (Wildman–Crippen LogP) is 4.95. The van der Waals surface area contributed by atoms with Crippen LogP contribution < -0.4 is 5.32 Å². The molecule has 5 nitrogen and oxygen atoms in total. The minimum atomic E-state index is -1.33. The first-order valence-electron chi connectivity index (χ1n) is 8.64. The Bertz CT molecular complexity index is 1250. The van der Waals surface area contributed by atoms with Crippen LogP contribution >= 0.6 is 11.3 Å². The van der Waals surface area contributed by atoms with E-state index < -0.39 is 34.9 Å². The summed E-state index contributed by atoms with van der Waals surface area (Å²) in [6.07, 6.45) is 6.08. The maximum atomic E-state index is 14.4. The van der Waals surface area contributed by atoms with Crippen LogP contribution in [-0.2, 0) is 4.79 Å². The Morgan fingerprint density at radius 3 is 2.52 bits per heavy atom. The second-order valence-electron chi connectivity index (χ2n) is 6.29. The van der Waals surface area contributed by atoms with Gasteiger partial charge in [-0.15, -0.1) is 17.8 Å². The van der Waals surface area contributed by atoms with Crippen molar-refractivity contribution in [3.8, 4) is 23.6 Å². The molecule has 1 heterocycles. The number of carbonyl (C=O) groups excluding carboxylic acids is 1. The molecule has 0 saturated heterocycles. The van der Waals surface area contributed by atoms with E-state index in [-0.39, 0.29) is 33.1 Å². The molecule has 31 heavy (non-hydrogen) atoms. The number of aromatic nitrogens is 1. The number of anilines is 1. The van der Waals surface area contributed by atoms with Gasteiger partial charge in [0, 0.05) is 27.6 Å². The number of nitrogens with zero attached hydrogens (tertiary/aromatic N) is 1. The van der Waals surface area contributed by atoms with Gasteiger partial charge in [0.15, 0.2) is 5.13 Å². The zero-order valence-corrected chi connectivity index (χ0v) is 16.7. The fraction of sp³-hybridized carbons (Fsp3) is 0.0455. The molecule has 1 amide bonds. The van der Waals surface area contributed by atoms with E-state index in [1.807, 2.05) is 0 Å². The third-order valence-corrected chi connectivity index (χ3v) is 4.95. The topological polar surface area (TPSA) is 79.3 Å². The lowest BCUT2D eigenvalue weighted by atomic mass is 10.1. The van der Waals surface area contributed by atoms with Crippen molar-refractivity contribution >= 4 is 34.4 Å². The number of aliphatic carboxylic acids is 1. The fourth-order valence-corrected chi connectivity index (χ4v) is 3.30. The molecule has 0 radical (unpaired) electrons. The largest absolute Gasteiger partial charge is 0.478 e. The number of carboxylic acid groups (broad SMARTS) is 1. The Balaban J connectivity index is 1.84. The van der Waals surface area contributed by atoms with Gasteiger partial charge >= 0.3 is 5.97 Å². The number of nitrogens with one attached hydrogen (secondary N) is 1. The molecule has 1 aromatic heterocycles. The van der Waals surface area contributed by atoms with Gasteiger partial charge in [0.1, 0.15) is 17.5 Å². The molecule has 3 aromatic rings. The second kappa shape index (κ2) is 8.85. The molecule has 2 aromatic carbocycles. The summed E-state index contributed by atoms with van der Waals surface area (Å²) in [7, 11) is 0. The van der Waals surface area contributed by atoms with Crippen molar-refractivity contribution in [1.29, 1.82) is 0 Å². The van der Waals surface area contributed by atoms with Gasteiger partial charge in [-0.05, 0) is 37.3 Å². The molecule has 0 fully saturated rings. The van der Waals surface area contributed by atoms with Crippen molar-refractivity contribution in [2.75, 3.05) is 5.32 Å². The molecule has 0 aliphatic rings. The van der Waals surface area contributed by atoms with Gasteiger partial charge in [-0.25, -0.2) is 22.9 Å². The Hall–Kier alpha value is -3.90. The first-order valence-corrected chi connectivity index (χ1v) is 9.52. The van der Waals surface area contributed by atoms with E-state index in [1.54, 1.807) is 6.07 Å². The summed E-state index contributed by atoms with van der Waals surface area (Å²) in [5.41, 5.74) is -0.735. The van der Waals surface area contributed by atoms with Crippen molar-refractivity contribution in [2.24, 2.45) is 0 Å². The van der Waals surface area contributed by atoms with Crippen molar-refractivity contribution in [3.63, 3.8) is 0 Å². The maximum absolute atomic E-state index is 14.4. The highest BCUT2D eigenvalue weighted by atomic mass is 32.1. The van der Waals surface area contributed by atoms with Crippen LogP contribution in [0.5, 0.6) is 0 Å². The van der Waals surface area contributed by atoms with E-state index in [9.17, 15) is 22.8 Å². The standard InChI is InChI=1S/C22H13F3N2O3S/c1-3-12-5-4-6-14(19(12)25)18-10-31-22(26-18)27-20(28)13-8-16(23)15(17(24)9-13)7-11(2)21(29)30/h1,4-10H,2H3,(H,29,30)(H,26,27,28). The van der Waals surface area contributed by atoms with E-state index in [4.69, 9.17) is 11.5 Å². The molecule has 2 N–H and O–H groups in total. The van der Waals surface area contributed by atoms with E-state index >= 15 is 0 Å². The number of rotatable bonds is 5. The fourth-order valence-electron chi connectivity index (χ4n) is 2.60. The minimum Gasteiger partial charge on any atom is -0.478 e. The molecule has 0 bridgehead atoms. The van der Waals surface area contributed by atoms with Gasteiger partial charge in [0.25, 0.3) is 5.91 Å².